The van der Waals surface area contributed by atoms with Crippen LogP contribution in [-0.4, -0.2) is 35.7 Å². The van der Waals surface area contributed by atoms with Gasteiger partial charge in [0, 0.05) is 38.0 Å². The zero-order valence-electron chi connectivity index (χ0n) is 16.3. The number of hydrogen-bond acceptors (Lipinski definition) is 4. The molecule has 6 heteroatoms. The lowest BCUT2D eigenvalue weighted by molar-refractivity contribution is 0.0817. The Labute approximate surface area is 161 Å². The van der Waals surface area contributed by atoms with E-state index >= 15 is 0 Å². The Hall–Kier alpha value is -2.31. The van der Waals surface area contributed by atoms with Crippen molar-refractivity contribution in [1.29, 1.82) is 0 Å². The van der Waals surface area contributed by atoms with Gasteiger partial charge in [-0.3, -0.25) is 9.78 Å². The maximum Gasteiger partial charge on any atom is 0.150 e. The molecule has 0 spiro atoms. The number of nitrogens with zero attached hydrogens (tertiary/aromatic N) is 3. The number of ether oxygens (including phenoxy) is 1. The number of carbonyl (C=O) groups is 1. The molecular weight excluding hydrogens is 354 g/mol. The molecule has 0 atom stereocenters. The smallest absolute Gasteiger partial charge is 0.150 e. The fraction of sp³-hybridized carbons (Fsp3) is 0.381. The second-order valence-corrected chi connectivity index (χ2v) is 13.7. The molecule has 2 aromatic heterocycles. The van der Waals surface area contributed by atoms with Crippen LogP contribution in [-0.2, 0) is 24.3 Å². The number of aryl methyl sites for hydroxylation is 2. The second kappa shape index (κ2) is 8.58. The van der Waals surface area contributed by atoms with Crippen LogP contribution in [0.2, 0.25) is 25.7 Å². The van der Waals surface area contributed by atoms with Crippen LogP contribution in [0.4, 0.5) is 0 Å². The average Bonchev–Trinajstić information content (AvgIpc) is 3.06. The van der Waals surface area contributed by atoms with Gasteiger partial charge in [-0.1, -0.05) is 19.6 Å². The fourth-order valence-corrected chi connectivity index (χ4v) is 3.77. The van der Waals surface area contributed by atoms with E-state index in [9.17, 15) is 4.79 Å². The highest BCUT2D eigenvalue weighted by Gasteiger charge is 2.13. The van der Waals surface area contributed by atoms with Gasteiger partial charge in [0.15, 0.2) is 0 Å². The van der Waals surface area contributed by atoms with Crippen molar-refractivity contribution >= 4 is 25.3 Å². The van der Waals surface area contributed by atoms with Gasteiger partial charge in [-0.15, -0.1) is 0 Å². The third-order valence-corrected chi connectivity index (χ3v) is 6.35. The zero-order chi connectivity index (χ0) is 19.3. The van der Waals surface area contributed by atoms with Gasteiger partial charge in [-0.2, -0.15) is 5.10 Å². The summed E-state index contributed by atoms with van der Waals surface area (Å²) in [4.78, 5) is 15.5. The topological polar surface area (TPSA) is 57.0 Å². The van der Waals surface area contributed by atoms with Crippen LogP contribution in [0.15, 0.2) is 42.9 Å². The van der Waals surface area contributed by atoms with Crippen LogP contribution in [0.5, 0.6) is 0 Å². The molecule has 5 nitrogen and oxygen atoms in total. The van der Waals surface area contributed by atoms with E-state index in [2.05, 4.69) is 29.7 Å². The maximum atomic E-state index is 11.4. The van der Waals surface area contributed by atoms with Crippen LogP contribution < -0.4 is 0 Å². The molecule has 142 valence electrons. The molecule has 0 unspecified atom stereocenters. The van der Waals surface area contributed by atoms with Crippen LogP contribution in [0.25, 0.3) is 10.9 Å². The molecule has 0 N–H and O–H groups in total. The summed E-state index contributed by atoms with van der Waals surface area (Å²) in [7, 11) is -1.11. The van der Waals surface area contributed by atoms with Crippen molar-refractivity contribution in [2.24, 2.45) is 0 Å². The molecule has 0 saturated heterocycles. The first-order valence-electron chi connectivity index (χ1n) is 9.36. The fourth-order valence-electron chi connectivity index (χ4n) is 3.01. The SMILES string of the molecule is C[Si](C)(C)CCOCn1ncc2c(CCc3ccncc3)cc(C=O)cc21. The van der Waals surface area contributed by atoms with Gasteiger partial charge in [0.2, 0.25) is 0 Å². The lowest BCUT2D eigenvalue weighted by atomic mass is 10.00. The van der Waals surface area contributed by atoms with E-state index in [1.54, 1.807) is 0 Å². The molecule has 0 bridgehead atoms. The quantitative estimate of drug-likeness (QED) is 0.314. The third kappa shape index (κ3) is 5.34. The highest BCUT2D eigenvalue weighted by molar-refractivity contribution is 6.76. The maximum absolute atomic E-state index is 11.4. The molecule has 0 amide bonds. The van der Waals surface area contributed by atoms with Gasteiger partial charge in [-0.05, 0) is 54.3 Å². The molecule has 0 fully saturated rings. The predicted molar refractivity (Wildman–Crippen MR) is 111 cm³/mol. The second-order valence-electron chi connectivity index (χ2n) is 8.08. The molecule has 27 heavy (non-hydrogen) atoms. The Bertz CT molecular complexity index is 901. The van der Waals surface area contributed by atoms with E-state index in [4.69, 9.17) is 4.74 Å². The first-order valence-corrected chi connectivity index (χ1v) is 13.1. The number of fused-ring (bicyclic) bond motifs is 1. The number of benzene rings is 1. The van der Waals surface area contributed by atoms with Crippen LogP contribution in [0, 0.1) is 0 Å². The zero-order valence-corrected chi connectivity index (χ0v) is 17.3. The van der Waals surface area contributed by atoms with E-state index < -0.39 is 8.07 Å². The van der Waals surface area contributed by atoms with Gasteiger partial charge in [0.05, 0.1) is 11.7 Å². The van der Waals surface area contributed by atoms with E-state index in [0.29, 0.717) is 12.3 Å². The monoisotopic (exact) mass is 381 g/mol. The van der Waals surface area contributed by atoms with Crippen LogP contribution in [0.1, 0.15) is 21.5 Å². The standard InChI is InChI=1S/C21H27N3O2Si/c1-27(2,3)11-10-26-16-24-21-13-18(15-25)12-19(20(21)14-23-24)5-4-17-6-8-22-9-7-17/h6-9,12-15H,4-5,10-11,16H2,1-3H3. The minimum Gasteiger partial charge on any atom is -0.360 e. The van der Waals surface area contributed by atoms with Gasteiger partial charge >= 0.3 is 0 Å². The van der Waals surface area contributed by atoms with Crippen molar-refractivity contribution < 1.29 is 9.53 Å². The lowest BCUT2D eigenvalue weighted by Crippen LogP contribution is -2.22. The summed E-state index contributed by atoms with van der Waals surface area (Å²) in [6.07, 6.45) is 8.15. The number of pyridine rings is 1. The number of carbonyl (C=O) groups excluding carboxylic acids is 1. The molecule has 3 aromatic rings. The summed E-state index contributed by atoms with van der Waals surface area (Å²) >= 11 is 0. The van der Waals surface area contributed by atoms with Crippen molar-refractivity contribution in [2.45, 2.75) is 45.3 Å². The molecular formula is C21H27N3O2Si. The van der Waals surface area contributed by atoms with Crippen LogP contribution in [0.3, 0.4) is 0 Å². The van der Waals surface area contributed by atoms with Gasteiger partial charge in [0.1, 0.15) is 13.0 Å². The first kappa shape index (κ1) is 19.4. The Morgan fingerprint density at radius 3 is 2.63 bits per heavy atom. The largest absolute Gasteiger partial charge is 0.360 e. The van der Waals surface area contributed by atoms with Gasteiger partial charge < -0.3 is 4.74 Å². The third-order valence-electron chi connectivity index (χ3n) is 4.65. The summed E-state index contributed by atoms with van der Waals surface area (Å²) in [5, 5.41) is 5.58. The highest BCUT2D eigenvalue weighted by Crippen LogP contribution is 2.22. The number of hydrogen-bond donors (Lipinski definition) is 0. The van der Waals surface area contributed by atoms with E-state index in [1.165, 1.54) is 5.56 Å². The summed E-state index contributed by atoms with van der Waals surface area (Å²) in [5.41, 5.74) is 4.00. The molecule has 2 heterocycles. The van der Waals surface area contributed by atoms with Crippen LogP contribution >= 0.6 is 0 Å². The molecule has 0 aliphatic heterocycles. The highest BCUT2D eigenvalue weighted by atomic mass is 28.3. The Balaban J connectivity index is 1.76. The Morgan fingerprint density at radius 2 is 1.93 bits per heavy atom. The van der Waals surface area contributed by atoms with E-state index in [0.717, 1.165) is 48.2 Å². The molecule has 0 radical (unpaired) electrons. The summed E-state index contributed by atoms with van der Waals surface area (Å²) in [6, 6.07) is 9.04. The normalized spacial score (nSPS) is 11.8. The van der Waals surface area contributed by atoms with Gasteiger partial charge in [0.25, 0.3) is 0 Å². The molecule has 0 aliphatic carbocycles. The lowest BCUT2D eigenvalue weighted by Gasteiger charge is -2.15. The summed E-state index contributed by atoms with van der Waals surface area (Å²) in [5.74, 6) is 0. The van der Waals surface area contributed by atoms with Crippen molar-refractivity contribution in [3.05, 3.63) is 59.5 Å². The molecule has 1 aromatic carbocycles. The molecule has 0 saturated carbocycles. The summed E-state index contributed by atoms with van der Waals surface area (Å²) in [6.45, 7) is 8.18. The Kier molecular flexibility index (Phi) is 6.18. The molecule has 0 aliphatic rings. The minimum atomic E-state index is -1.11. The minimum absolute atomic E-state index is 0.417. The van der Waals surface area contributed by atoms with Crippen molar-refractivity contribution in [1.82, 2.24) is 14.8 Å². The number of aldehydes is 1. The predicted octanol–water partition coefficient (Wildman–Crippen LogP) is 4.34. The van der Waals surface area contributed by atoms with Crippen molar-refractivity contribution in [3.8, 4) is 0 Å². The number of rotatable bonds is 9. The first-order chi connectivity index (χ1) is 13.0. The van der Waals surface area contributed by atoms with Crippen molar-refractivity contribution in [3.63, 3.8) is 0 Å². The summed E-state index contributed by atoms with van der Waals surface area (Å²) < 4.78 is 7.69. The van der Waals surface area contributed by atoms with E-state index in [-0.39, 0.29) is 0 Å². The van der Waals surface area contributed by atoms with Crippen molar-refractivity contribution in [2.75, 3.05) is 6.61 Å². The molecule has 3 rings (SSSR count). The van der Waals surface area contributed by atoms with Gasteiger partial charge in [-0.25, -0.2) is 4.68 Å². The van der Waals surface area contributed by atoms with E-state index in [1.807, 2.05) is 47.5 Å². The number of aromatic nitrogens is 3. The Morgan fingerprint density at radius 1 is 1.15 bits per heavy atom. The average molecular weight is 382 g/mol.